The number of phenolic OH excluding ortho intramolecular Hbond substituents is 1. The molecule has 0 amide bonds. The molecule has 6 nitrogen and oxygen atoms in total. The van der Waals surface area contributed by atoms with Crippen LogP contribution in [0.25, 0.3) is 0 Å². The minimum atomic E-state index is -0.984. The van der Waals surface area contributed by atoms with Gasteiger partial charge in [0.15, 0.2) is 17.3 Å². The molecule has 0 radical (unpaired) electrons. The minimum absolute atomic E-state index is 0.0216. The Labute approximate surface area is 160 Å². The van der Waals surface area contributed by atoms with Crippen molar-refractivity contribution in [3.05, 3.63) is 77.2 Å². The van der Waals surface area contributed by atoms with Gasteiger partial charge in [-0.15, -0.1) is 0 Å². The predicted octanol–water partition coefficient (Wildman–Crippen LogP) is 4.37. The molecule has 0 unspecified atom stereocenters. The molecule has 0 atom stereocenters. The number of phenols is 1. The van der Waals surface area contributed by atoms with Crippen molar-refractivity contribution in [1.29, 1.82) is 5.26 Å². The Kier molecular flexibility index (Phi) is 5.51. The van der Waals surface area contributed by atoms with Crippen molar-refractivity contribution in [2.75, 3.05) is 0 Å². The second-order valence-corrected chi connectivity index (χ2v) is 5.87. The standard InChI is InChI=1S/C21H15FN2O4/c1-13(25)17-6-7-18(20(22)21(17)26)27-12-14-3-2-4-16(9-14)28-19-8-5-15(10-23)11-24-19/h2-9,11,26H,12H2,1H3. The third-order valence-electron chi connectivity index (χ3n) is 3.84. The Balaban J connectivity index is 1.70. The average molecular weight is 378 g/mol. The number of Topliss-reactive ketones (excluding diaryl/α,β-unsaturated/α-hetero) is 1. The van der Waals surface area contributed by atoms with Gasteiger partial charge in [-0.2, -0.15) is 9.65 Å². The van der Waals surface area contributed by atoms with Gasteiger partial charge >= 0.3 is 0 Å². The molecule has 0 saturated heterocycles. The van der Waals surface area contributed by atoms with Crippen LogP contribution in [0.2, 0.25) is 0 Å². The number of benzene rings is 2. The van der Waals surface area contributed by atoms with Crippen LogP contribution in [0.4, 0.5) is 4.39 Å². The van der Waals surface area contributed by atoms with Gasteiger partial charge in [0.05, 0.1) is 11.1 Å². The lowest BCUT2D eigenvalue weighted by molar-refractivity contribution is 0.101. The molecular formula is C21H15FN2O4. The highest BCUT2D eigenvalue weighted by molar-refractivity contribution is 5.96. The van der Waals surface area contributed by atoms with Gasteiger partial charge in [0.25, 0.3) is 0 Å². The molecule has 0 fully saturated rings. The molecule has 0 bridgehead atoms. The molecule has 7 heteroatoms. The first-order valence-electron chi connectivity index (χ1n) is 8.26. The summed E-state index contributed by atoms with van der Waals surface area (Å²) in [6.45, 7) is 1.26. The molecule has 2 aromatic carbocycles. The molecule has 28 heavy (non-hydrogen) atoms. The van der Waals surface area contributed by atoms with Gasteiger partial charge in [0, 0.05) is 12.3 Å². The van der Waals surface area contributed by atoms with Crippen LogP contribution in [0.5, 0.6) is 23.1 Å². The van der Waals surface area contributed by atoms with Gasteiger partial charge in [-0.3, -0.25) is 4.79 Å². The van der Waals surface area contributed by atoms with E-state index in [-0.39, 0.29) is 17.9 Å². The molecule has 3 rings (SSSR count). The fraction of sp³-hybridized carbons (Fsp3) is 0.0952. The van der Waals surface area contributed by atoms with Gasteiger partial charge in [-0.1, -0.05) is 12.1 Å². The van der Waals surface area contributed by atoms with Crippen molar-refractivity contribution in [3.63, 3.8) is 0 Å². The van der Waals surface area contributed by atoms with Crippen LogP contribution in [-0.4, -0.2) is 15.9 Å². The molecule has 1 aromatic heterocycles. The second-order valence-electron chi connectivity index (χ2n) is 5.87. The molecule has 1 N–H and O–H groups in total. The molecule has 0 spiro atoms. The highest BCUT2D eigenvalue weighted by Gasteiger charge is 2.16. The Morgan fingerprint density at radius 3 is 2.75 bits per heavy atom. The molecule has 0 aliphatic rings. The number of hydrogen-bond donors (Lipinski definition) is 1. The molecule has 0 saturated carbocycles. The summed E-state index contributed by atoms with van der Waals surface area (Å²) < 4.78 is 25.2. The summed E-state index contributed by atoms with van der Waals surface area (Å²) in [6, 6.07) is 14.7. The van der Waals surface area contributed by atoms with E-state index < -0.39 is 17.3 Å². The van der Waals surface area contributed by atoms with Gasteiger partial charge < -0.3 is 14.6 Å². The summed E-state index contributed by atoms with van der Waals surface area (Å²) in [5.74, 6) is -1.50. The third kappa shape index (κ3) is 4.24. The largest absolute Gasteiger partial charge is 0.504 e. The number of aromatic hydroxyl groups is 1. The van der Waals surface area contributed by atoms with Gasteiger partial charge in [0.1, 0.15) is 18.4 Å². The minimum Gasteiger partial charge on any atom is -0.504 e. The molecular weight excluding hydrogens is 363 g/mol. The number of nitriles is 1. The van der Waals surface area contributed by atoms with E-state index in [0.29, 0.717) is 22.8 Å². The summed E-state index contributed by atoms with van der Waals surface area (Å²) in [5, 5.41) is 18.6. The number of ether oxygens (including phenoxy) is 2. The molecule has 0 aliphatic carbocycles. The maximum Gasteiger partial charge on any atom is 0.219 e. The number of ketones is 1. The van der Waals surface area contributed by atoms with E-state index in [2.05, 4.69) is 4.98 Å². The zero-order valence-electron chi connectivity index (χ0n) is 14.8. The maximum absolute atomic E-state index is 14.2. The lowest BCUT2D eigenvalue weighted by atomic mass is 10.1. The highest BCUT2D eigenvalue weighted by atomic mass is 19.1. The first-order valence-corrected chi connectivity index (χ1v) is 8.26. The zero-order valence-corrected chi connectivity index (χ0v) is 14.8. The maximum atomic E-state index is 14.2. The van der Waals surface area contributed by atoms with Crippen LogP contribution in [0, 0.1) is 17.1 Å². The fourth-order valence-electron chi connectivity index (χ4n) is 2.43. The lowest BCUT2D eigenvalue weighted by Gasteiger charge is -2.11. The average Bonchev–Trinajstić information content (AvgIpc) is 2.70. The molecule has 1 heterocycles. The number of rotatable bonds is 6. The molecule has 3 aromatic rings. The van der Waals surface area contributed by atoms with Crippen LogP contribution < -0.4 is 9.47 Å². The molecule has 0 aliphatic heterocycles. The number of carbonyl (C=O) groups excluding carboxylic acids is 1. The van der Waals surface area contributed by atoms with E-state index in [1.807, 2.05) is 6.07 Å². The Hall–Kier alpha value is -3.92. The number of carbonyl (C=O) groups is 1. The van der Waals surface area contributed by atoms with E-state index in [1.165, 1.54) is 25.3 Å². The number of halogens is 1. The number of hydrogen-bond acceptors (Lipinski definition) is 6. The first-order chi connectivity index (χ1) is 13.5. The van der Waals surface area contributed by atoms with Crippen molar-refractivity contribution in [1.82, 2.24) is 4.98 Å². The van der Waals surface area contributed by atoms with Crippen molar-refractivity contribution in [2.24, 2.45) is 0 Å². The molecule has 140 valence electrons. The quantitative estimate of drug-likeness (QED) is 0.640. The van der Waals surface area contributed by atoms with E-state index >= 15 is 0 Å². The van der Waals surface area contributed by atoms with Crippen molar-refractivity contribution >= 4 is 5.78 Å². The topological polar surface area (TPSA) is 92.4 Å². The normalized spacial score (nSPS) is 10.2. The van der Waals surface area contributed by atoms with Crippen LogP contribution in [0.1, 0.15) is 28.4 Å². The van der Waals surface area contributed by atoms with Crippen LogP contribution in [0.15, 0.2) is 54.7 Å². The van der Waals surface area contributed by atoms with E-state index in [9.17, 15) is 14.3 Å². The monoisotopic (exact) mass is 378 g/mol. The fourth-order valence-corrected chi connectivity index (χ4v) is 2.43. The summed E-state index contributed by atoms with van der Waals surface area (Å²) in [4.78, 5) is 15.4. The van der Waals surface area contributed by atoms with E-state index in [4.69, 9.17) is 14.7 Å². The van der Waals surface area contributed by atoms with Gasteiger partial charge in [-0.25, -0.2) is 4.98 Å². The van der Waals surface area contributed by atoms with Crippen molar-refractivity contribution in [2.45, 2.75) is 13.5 Å². The van der Waals surface area contributed by atoms with Crippen LogP contribution in [-0.2, 0) is 6.61 Å². The third-order valence-corrected chi connectivity index (χ3v) is 3.84. The summed E-state index contributed by atoms with van der Waals surface area (Å²) >= 11 is 0. The highest BCUT2D eigenvalue weighted by Crippen LogP contribution is 2.30. The van der Waals surface area contributed by atoms with E-state index in [1.54, 1.807) is 36.4 Å². The second kappa shape index (κ2) is 8.18. The Morgan fingerprint density at radius 2 is 2.07 bits per heavy atom. The Morgan fingerprint density at radius 1 is 1.25 bits per heavy atom. The van der Waals surface area contributed by atoms with Crippen molar-refractivity contribution < 1.29 is 23.8 Å². The summed E-state index contributed by atoms with van der Waals surface area (Å²) in [6.07, 6.45) is 1.41. The van der Waals surface area contributed by atoms with Gasteiger partial charge in [0.2, 0.25) is 11.7 Å². The number of aromatic nitrogens is 1. The zero-order chi connectivity index (χ0) is 20.1. The number of nitrogens with zero attached hydrogens (tertiary/aromatic N) is 2. The van der Waals surface area contributed by atoms with Crippen LogP contribution in [0.3, 0.4) is 0 Å². The SMILES string of the molecule is CC(=O)c1ccc(OCc2cccc(Oc3ccc(C#N)cn3)c2)c(F)c1O. The van der Waals surface area contributed by atoms with Crippen LogP contribution >= 0.6 is 0 Å². The summed E-state index contributed by atoms with van der Waals surface area (Å²) in [5.41, 5.74) is 1.02. The van der Waals surface area contributed by atoms with Crippen molar-refractivity contribution in [3.8, 4) is 29.2 Å². The number of pyridine rings is 1. The first kappa shape index (κ1) is 18.9. The van der Waals surface area contributed by atoms with Gasteiger partial charge in [-0.05, 0) is 42.8 Å². The summed E-state index contributed by atoms with van der Waals surface area (Å²) in [7, 11) is 0. The predicted molar refractivity (Wildman–Crippen MR) is 97.9 cm³/mol. The smallest absolute Gasteiger partial charge is 0.219 e. The lowest BCUT2D eigenvalue weighted by Crippen LogP contribution is -2.01. The van der Waals surface area contributed by atoms with E-state index in [0.717, 1.165) is 0 Å². The Bertz CT molecular complexity index is 1060.